The van der Waals surface area contributed by atoms with E-state index in [4.69, 9.17) is 4.52 Å². The Hall–Kier alpha value is -2.22. The van der Waals surface area contributed by atoms with Crippen molar-refractivity contribution in [2.24, 2.45) is 5.92 Å². The van der Waals surface area contributed by atoms with Gasteiger partial charge in [-0.25, -0.2) is 0 Å². The lowest BCUT2D eigenvalue weighted by molar-refractivity contribution is -0.131. The molecule has 2 aromatic rings. The van der Waals surface area contributed by atoms with Crippen molar-refractivity contribution in [2.75, 3.05) is 26.7 Å². The Morgan fingerprint density at radius 3 is 2.77 bits per heavy atom. The fraction of sp³-hybridized carbons (Fsp3) is 0.556. The van der Waals surface area contributed by atoms with Gasteiger partial charge in [0.15, 0.2) is 5.82 Å². The summed E-state index contributed by atoms with van der Waals surface area (Å²) in [7, 11) is 1.82. The number of thiophene rings is 1. The molecule has 7 nitrogen and oxygen atoms in total. The Balaban J connectivity index is 1.26. The standard InChI is InChI=1S/C18H22N4O3S/c1-11-3-6-14(26-11)18(24)22-9-13(10-22)16-19-15(20-25-16)7-8-21(2)17(23)12-4-5-12/h3,6,12-13H,4-5,7-10H2,1-2H3. The number of hydrogen-bond acceptors (Lipinski definition) is 6. The highest BCUT2D eigenvalue weighted by molar-refractivity contribution is 7.13. The monoisotopic (exact) mass is 374 g/mol. The smallest absolute Gasteiger partial charge is 0.263 e. The predicted octanol–water partition coefficient (Wildman–Crippen LogP) is 2.09. The van der Waals surface area contributed by atoms with Crippen LogP contribution < -0.4 is 0 Å². The highest BCUT2D eigenvalue weighted by Gasteiger charge is 2.36. The minimum atomic E-state index is 0.0688. The number of nitrogens with zero attached hydrogens (tertiary/aromatic N) is 4. The van der Waals surface area contributed by atoms with E-state index in [1.165, 1.54) is 11.3 Å². The third kappa shape index (κ3) is 3.51. The van der Waals surface area contributed by atoms with Gasteiger partial charge in [-0.15, -0.1) is 11.3 Å². The number of aryl methyl sites for hydroxylation is 1. The molecule has 1 aliphatic heterocycles. The molecule has 2 amide bonds. The summed E-state index contributed by atoms with van der Waals surface area (Å²) < 4.78 is 5.36. The Morgan fingerprint density at radius 1 is 1.35 bits per heavy atom. The van der Waals surface area contributed by atoms with Gasteiger partial charge in [-0.1, -0.05) is 5.16 Å². The maximum absolute atomic E-state index is 12.4. The molecule has 0 N–H and O–H groups in total. The van der Waals surface area contributed by atoms with E-state index in [0.29, 0.717) is 37.8 Å². The maximum atomic E-state index is 12.4. The van der Waals surface area contributed by atoms with E-state index in [2.05, 4.69) is 10.1 Å². The van der Waals surface area contributed by atoms with Crippen LogP contribution in [0.15, 0.2) is 16.7 Å². The van der Waals surface area contributed by atoms with E-state index in [9.17, 15) is 9.59 Å². The molecule has 0 atom stereocenters. The molecule has 8 heteroatoms. The van der Waals surface area contributed by atoms with Crippen molar-refractivity contribution in [2.45, 2.75) is 32.1 Å². The van der Waals surface area contributed by atoms with Gasteiger partial charge < -0.3 is 14.3 Å². The lowest BCUT2D eigenvalue weighted by Crippen LogP contribution is -2.48. The third-order valence-electron chi connectivity index (χ3n) is 4.93. The zero-order chi connectivity index (χ0) is 18.3. The zero-order valence-electron chi connectivity index (χ0n) is 15.0. The van der Waals surface area contributed by atoms with Crippen molar-refractivity contribution in [1.82, 2.24) is 19.9 Å². The summed E-state index contributed by atoms with van der Waals surface area (Å²) in [6.07, 6.45) is 2.61. The van der Waals surface area contributed by atoms with E-state index in [1.54, 1.807) is 4.90 Å². The SMILES string of the molecule is Cc1ccc(C(=O)N2CC(c3nc(CCN(C)C(=O)C4CC4)no3)C2)s1. The number of carbonyl (C=O) groups excluding carboxylic acids is 2. The number of carbonyl (C=O) groups is 2. The van der Waals surface area contributed by atoms with E-state index < -0.39 is 0 Å². The first-order valence-corrected chi connectivity index (χ1v) is 9.76. The highest BCUT2D eigenvalue weighted by atomic mass is 32.1. The number of amides is 2. The molecule has 138 valence electrons. The second-order valence-electron chi connectivity index (χ2n) is 7.15. The maximum Gasteiger partial charge on any atom is 0.263 e. The number of likely N-dealkylation sites (tertiary alicyclic amines) is 1. The first-order chi connectivity index (χ1) is 12.5. The Morgan fingerprint density at radius 2 is 2.12 bits per heavy atom. The van der Waals surface area contributed by atoms with Crippen molar-refractivity contribution < 1.29 is 14.1 Å². The van der Waals surface area contributed by atoms with Crippen molar-refractivity contribution in [1.29, 1.82) is 0 Å². The van der Waals surface area contributed by atoms with Crippen molar-refractivity contribution >= 4 is 23.2 Å². The Labute approximate surface area is 156 Å². The fourth-order valence-electron chi connectivity index (χ4n) is 3.06. The van der Waals surface area contributed by atoms with Crippen LogP contribution in [0.4, 0.5) is 0 Å². The molecule has 1 aliphatic carbocycles. The van der Waals surface area contributed by atoms with Crippen LogP contribution in [0.5, 0.6) is 0 Å². The summed E-state index contributed by atoms with van der Waals surface area (Å²) in [6, 6.07) is 3.84. The van der Waals surface area contributed by atoms with Gasteiger partial charge in [0.25, 0.3) is 5.91 Å². The quantitative estimate of drug-likeness (QED) is 0.773. The van der Waals surface area contributed by atoms with Crippen LogP contribution in [-0.2, 0) is 11.2 Å². The summed E-state index contributed by atoms with van der Waals surface area (Å²) in [4.78, 5) is 34.2. The number of rotatable bonds is 6. The van der Waals surface area contributed by atoms with E-state index in [-0.39, 0.29) is 23.7 Å². The zero-order valence-corrected chi connectivity index (χ0v) is 15.8. The van der Waals surface area contributed by atoms with Crippen LogP contribution in [0.3, 0.4) is 0 Å². The van der Waals surface area contributed by atoms with Crippen LogP contribution in [0.1, 0.15) is 45.0 Å². The molecule has 0 aromatic carbocycles. The van der Waals surface area contributed by atoms with Gasteiger partial charge in [-0.05, 0) is 31.9 Å². The largest absolute Gasteiger partial charge is 0.345 e. The van der Waals surface area contributed by atoms with Crippen LogP contribution in [0.2, 0.25) is 0 Å². The normalized spacial score (nSPS) is 17.2. The average Bonchev–Trinajstić information content (AvgIpc) is 3.18. The summed E-state index contributed by atoms with van der Waals surface area (Å²) in [5, 5.41) is 4.02. The molecule has 4 rings (SSSR count). The minimum Gasteiger partial charge on any atom is -0.345 e. The molecule has 0 unspecified atom stereocenters. The summed E-state index contributed by atoms with van der Waals surface area (Å²) in [6.45, 7) is 3.81. The average molecular weight is 374 g/mol. The summed E-state index contributed by atoms with van der Waals surface area (Å²) >= 11 is 1.52. The Bertz CT molecular complexity index is 820. The molecule has 0 bridgehead atoms. The Kier molecular flexibility index (Phi) is 4.52. The lowest BCUT2D eigenvalue weighted by Gasteiger charge is -2.36. The van der Waals surface area contributed by atoms with Gasteiger partial charge in [-0.2, -0.15) is 4.98 Å². The molecule has 26 heavy (non-hydrogen) atoms. The van der Waals surface area contributed by atoms with E-state index >= 15 is 0 Å². The van der Waals surface area contributed by atoms with Gasteiger partial charge in [0.1, 0.15) is 0 Å². The van der Waals surface area contributed by atoms with Crippen LogP contribution in [0, 0.1) is 12.8 Å². The van der Waals surface area contributed by atoms with E-state index in [0.717, 1.165) is 22.6 Å². The topological polar surface area (TPSA) is 79.5 Å². The van der Waals surface area contributed by atoms with Gasteiger partial charge in [0.05, 0.1) is 10.8 Å². The molecule has 1 saturated carbocycles. The van der Waals surface area contributed by atoms with Gasteiger partial charge in [-0.3, -0.25) is 9.59 Å². The third-order valence-corrected chi connectivity index (χ3v) is 5.92. The van der Waals surface area contributed by atoms with Crippen molar-refractivity contribution in [3.8, 4) is 0 Å². The second-order valence-corrected chi connectivity index (χ2v) is 8.44. The van der Waals surface area contributed by atoms with Gasteiger partial charge in [0.2, 0.25) is 11.8 Å². The molecule has 2 aliphatic rings. The number of hydrogen-bond donors (Lipinski definition) is 0. The molecule has 2 aromatic heterocycles. The van der Waals surface area contributed by atoms with Crippen LogP contribution in [-0.4, -0.2) is 58.4 Å². The molecule has 3 heterocycles. The van der Waals surface area contributed by atoms with Gasteiger partial charge >= 0.3 is 0 Å². The fourth-order valence-corrected chi connectivity index (χ4v) is 3.90. The van der Waals surface area contributed by atoms with Gasteiger partial charge in [0, 0.05) is 43.9 Å². The molecule has 1 saturated heterocycles. The first kappa shape index (κ1) is 17.2. The molecular weight excluding hydrogens is 352 g/mol. The van der Waals surface area contributed by atoms with Crippen LogP contribution in [0.25, 0.3) is 0 Å². The van der Waals surface area contributed by atoms with Crippen molar-refractivity contribution in [3.05, 3.63) is 33.6 Å². The van der Waals surface area contributed by atoms with E-state index in [1.807, 2.05) is 31.0 Å². The van der Waals surface area contributed by atoms with Crippen molar-refractivity contribution in [3.63, 3.8) is 0 Å². The number of aromatic nitrogens is 2. The molecule has 0 radical (unpaired) electrons. The molecule has 0 spiro atoms. The second kappa shape index (κ2) is 6.83. The number of likely N-dealkylation sites (N-methyl/N-ethyl adjacent to an activating group) is 1. The first-order valence-electron chi connectivity index (χ1n) is 8.94. The lowest BCUT2D eigenvalue weighted by atomic mass is 10.00. The highest BCUT2D eigenvalue weighted by Crippen LogP contribution is 2.31. The molecule has 2 fully saturated rings. The predicted molar refractivity (Wildman–Crippen MR) is 96.1 cm³/mol. The molecular formula is C18H22N4O3S. The summed E-state index contributed by atoms with van der Waals surface area (Å²) in [5.74, 6) is 1.82. The van der Waals surface area contributed by atoms with Crippen LogP contribution >= 0.6 is 11.3 Å². The summed E-state index contributed by atoms with van der Waals surface area (Å²) in [5.41, 5.74) is 0. The minimum absolute atomic E-state index is 0.0688.